The van der Waals surface area contributed by atoms with Gasteiger partial charge in [0.05, 0.1) is 36.0 Å². The standard InChI is InChI=1S/C33H39Cl4N5O6/c1-39(33(46)22-14-23(34)17-24(35)15-22)19-29(38-48-3)26(21-4-5-27(36)28(37)16-21)8-11-40-9-6-25(7-10-40)42-13-12-41(20-31(42)44)30(43)18-32(45)47-2/h4-5,14-17,25-26H,6-13,18-20H2,1-3H3/b38-29+. The Morgan fingerprint density at radius 1 is 0.958 bits per heavy atom. The molecule has 1 unspecified atom stereocenters. The molecular weight excluding hydrogens is 704 g/mol. The Balaban J connectivity index is 1.40. The highest BCUT2D eigenvalue weighted by atomic mass is 35.5. The number of likely N-dealkylation sites (tertiary alicyclic amines) is 1. The summed E-state index contributed by atoms with van der Waals surface area (Å²) in [7, 11) is 4.37. The Morgan fingerprint density at radius 3 is 2.25 bits per heavy atom. The van der Waals surface area contributed by atoms with E-state index in [1.165, 1.54) is 24.0 Å². The van der Waals surface area contributed by atoms with Gasteiger partial charge in [0.25, 0.3) is 5.91 Å². The molecule has 0 radical (unpaired) electrons. The topological polar surface area (TPSA) is 112 Å². The lowest BCUT2D eigenvalue weighted by Gasteiger charge is -2.42. The van der Waals surface area contributed by atoms with Crippen molar-refractivity contribution in [3.05, 3.63) is 67.6 Å². The number of oxime groups is 1. The first-order valence-corrected chi connectivity index (χ1v) is 17.0. The van der Waals surface area contributed by atoms with Crippen LogP contribution in [0.2, 0.25) is 20.1 Å². The smallest absolute Gasteiger partial charge is 0.315 e. The number of benzene rings is 2. The van der Waals surface area contributed by atoms with E-state index in [0.717, 1.165) is 31.5 Å². The summed E-state index contributed by atoms with van der Waals surface area (Å²) >= 11 is 25.0. The van der Waals surface area contributed by atoms with E-state index in [1.807, 2.05) is 17.0 Å². The summed E-state index contributed by atoms with van der Waals surface area (Å²) in [5.74, 6) is -1.67. The van der Waals surface area contributed by atoms with Crippen LogP contribution in [0.3, 0.4) is 0 Å². The third kappa shape index (κ3) is 9.98. The Kier molecular flexibility index (Phi) is 13.8. The average Bonchev–Trinajstić information content (AvgIpc) is 3.05. The third-order valence-electron chi connectivity index (χ3n) is 8.68. The zero-order valence-corrected chi connectivity index (χ0v) is 30.1. The molecule has 2 aliphatic rings. The molecule has 3 amide bonds. The van der Waals surface area contributed by atoms with Gasteiger partial charge in [-0.05, 0) is 61.7 Å². The van der Waals surface area contributed by atoms with E-state index >= 15 is 0 Å². The Bertz CT molecular complexity index is 1510. The summed E-state index contributed by atoms with van der Waals surface area (Å²) < 4.78 is 4.58. The molecule has 0 bridgehead atoms. The number of piperazine rings is 1. The van der Waals surface area contributed by atoms with Crippen molar-refractivity contribution < 1.29 is 28.8 Å². The van der Waals surface area contributed by atoms with E-state index in [4.69, 9.17) is 51.2 Å². The number of ether oxygens (including phenoxy) is 1. The number of carbonyl (C=O) groups is 4. The van der Waals surface area contributed by atoms with Gasteiger partial charge in [-0.25, -0.2) is 0 Å². The van der Waals surface area contributed by atoms with Crippen LogP contribution in [0, 0.1) is 0 Å². The largest absolute Gasteiger partial charge is 0.469 e. The molecule has 2 aliphatic heterocycles. The minimum absolute atomic E-state index is 0.0374. The minimum Gasteiger partial charge on any atom is -0.469 e. The molecule has 2 aromatic carbocycles. The second kappa shape index (κ2) is 17.5. The molecule has 15 heteroatoms. The van der Waals surface area contributed by atoms with Crippen LogP contribution in [-0.2, 0) is 24.0 Å². The number of esters is 1. The fourth-order valence-corrected chi connectivity index (χ4v) is 6.98. The van der Waals surface area contributed by atoms with E-state index in [9.17, 15) is 19.2 Å². The Morgan fingerprint density at radius 2 is 1.65 bits per heavy atom. The summed E-state index contributed by atoms with van der Waals surface area (Å²) in [4.78, 5) is 62.6. The molecule has 4 rings (SSSR count). The second-order valence-corrected chi connectivity index (χ2v) is 13.5. The quantitative estimate of drug-likeness (QED) is 0.127. The van der Waals surface area contributed by atoms with Crippen LogP contribution in [0.15, 0.2) is 41.6 Å². The van der Waals surface area contributed by atoms with Gasteiger partial charge in [0.1, 0.15) is 13.5 Å². The Hall–Kier alpha value is -3.09. The van der Waals surface area contributed by atoms with E-state index in [1.54, 1.807) is 31.3 Å². The molecule has 2 saturated heterocycles. The van der Waals surface area contributed by atoms with Crippen molar-refractivity contribution in [3.8, 4) is 0 Å². The molecule has 0 saturated carbocycles. The monoisotopic (exact) mass is 741 g/mol. The summed E-state index contributed by atoms with van der Waals surface area (Å²) in [6, 6.07) is 10.2. The SMILES string of the molecule is CO/N=C(\CN(C)C(=O)c1cc(Cl)cc(Cl)c1)C(CCN1CCC(N2CCN(C(=O)CC(=O)OC)CC2=O)CC1)c1ccc(Cl)c(Cl)c1. The van der Waals surface area contributed by atoms with E-state index in [2.05, 4.69) is 14.8 Å². The third-order valence-corrected chi connectivity index (χ3v) is 9.85. The van der Waals surface area contributed by atoms with Crippen LogP contribution in [0.5, 0.6) is 0 Å². The minimum atomic E-state index is -0.618. The molecule has 260 valence electrons. The van der Waals surface area contributed by atoms with Crippen LogP contribution in [0.25, 0.3) is 0 Å². The number of carbonyl (C=O) groups excluding carboxylic acids is 4. The van der Waals surface area contributed by atoms with E-state index < -0.39 is 11.9 Å². The van der Waals surface area contributed by atoms with Gasteiger partial charge < -0.3 is 29.2 Å². The molecule has 48 heavy (non-hydrogen) atoms. The van der Waals surface area contributed by atoms with E-state index in [0.29, 0.717) is 57.4 Å². The number of hydrogen-bond donors (Lipinski definition) is 0. The molecular formula is C33H39Cl4N5O6. The normalized spacial score (nSPS) is 16.9. The molecule has 0 aromatic heterocycles. The highest BCUT2D eigenvalue weighted by molar-refractivity contribution is 6.42. The van der Waals surface area contributed by atoms with Gasteiger partial charge in [0, 0.05) is 60.8 Å². The van der Waals surface area contributed by atoms with Crippen LogP contribution in [-0.4, -0.2) is 122 Å². The maximum atomic E-state index is 13.3. The van der Waals surface area contributed by atoms with Crippen molar-refractivity contribution in [1.29, 1.82) is 0 Å². The number of rotatable bonds is 12. The number of methoxy groups -OCH3 is 1. The first-order chi connectivity index (χ1) is 22.9. The summed E-state index contributed by atoms with van der Waals surface area (Å²) in [6.07, 6.45) is 1.86. The van der Waals surface area contributed by atoms with Gasteiger partial charge in [0.2, 0.25) is 11.8 Å². The highest BCUT2D eigenvalue weighted by Gasteiger charge is 2.34. The van der Waals surface area contributed by atoms with Crippen LogP contribution >= 0.6 is 46.4 Å². The molecule has 2 fully saturated rings. The first kappa shape index (κ1) is 37.7. The zero-order valence-electron chi connectivity index (χ0n) is 27.1. The maximum absolute atomic E-state index is 13.3. The van der Waals surface area contributed by atoms with Gasteiger partial charge in [-0.2, -0.15) is 0 Å². The van der Waals surface area contributed by atoms with Crippen molar-refractivity contribution in [2.75, 3.05) is 67.1 Å². The predicted molar refractivity (Wildman–Crippen MR) is 186 cm³/mol. The fraction of sp³-hybridized carbons (Fsp3) is 0.485. The van der Waals surface area contributed by atoms with Crippen LogP contribution in [0.4, 0.5) is 0 Å². The van der Waals surface area contributed by atoms with Crippen LogP contribution in [0.1, 0.15) is 47.5 Å². The molecule has 0 spiro atoms. The van der Waals surface area contributed by atoms with Gasteiger partial charge in [-0.15, -0.1) is 0 Å². The van der Waals surface area contributed by atoms with Gasteiger partial charge in [-0.1, -0.05) is 57.6 Å². The lowest BCUT2D eigenvalue weighted by atomic mass is 9.89. The lowest BCUT2D eigenvalue weighted by molar-refractivity contribution is -0.153. The number of piperidine rings is 1. The van der Waals surface area contributed by atoms with Crippen molar-refractivity contribution in [2.45, 2.75) is 37.6 Å². The Labute approximate surface area is 300 Å². The first-order valence-electron chi connectivity index (χ1n) is 15.5. The highest BCUT2D eigenvalue weighted by Crippen LogP contribution is 2.31. The van der Waals surface area contributed by atoms with Gasteiger partial charge in [-0.3, -0.25) is 19.2 Å². The number of halogens is 4. The number of hydrogen-bond acceptors (Lipinski definition) is 8. The van der Waals surface area contributed by atoms with Crippen molar-refractivity contribution in [1.82, 2.24) is 19.6 Å². The van der Waals surface area contributed by atoms with E-state index in [-0.39, 0.29) is 43.3 Å². The lowest BCUT2D eigenvalue weighted by Crippen LogP contribution is -2.57. The van der Waals surface area contributed by atoms with Crippen molar-refractivity contribution in [2.24, 2.45) is 5.16 Å². The zero-order chi connectivity index (χ0) is 35.0. The predicted octanol–water partition coefficient (Wildman–Crippen LogP) is 5.25. The summed E-state index contributed by atoms with van der Waals surface area (Å²) in [5, 5.41) is 5.93. The van der Waals surface area contributed by atoms with Gasteiger partial charge in [0.15, 0.2) is 0 Å². The van der Waals surface area contributed by atoms with Gasteiger partial charge >= 0.3 is 5.97 Å². The molecule has 2 heterocycles. The van der Waals surface area contributed by atoms with Crippen molar-refractivity contribution in [3.63, 3.8) is 0 Å². The average molecular weight is 744 g/mol. The second-order valence-electron chi connectivity index (χ2n) is 11.8. The molecule has 11 nitrogen and oxygen atoms in total. The molecule has 2 aromatic rings. The van der Waals surface area contributed by atoms with Crippen LogP contribution < -0.4 is 0 Å². The summed E-state index contributed by atoms with van der Waals surface area (Å²) in [6.45, 7) is 3.21. The maximum Gasteiger partial charge on any atom is 0.315 e. The number of nitrogens with zero attached hydrogens (tertiary/aromatic N) is 5. The number of amides is 3. The summed E-state index contributed by atoms with van der Waals surface area (Å²) in [5.41, 5.74) is 1.86. The molecule has 1 atom stereocenters. The fourth-order valence-electron chi connectivity index (χ4n) is 6.15. The van der Waals surface area contributed by atoms with Crippen molar-refractivity contribution >= 4 is 75.8 Å². The molecule has 0 N–H and O–H groups in total. The molecule has 0 aliphatic carbocycles.